The zero-order valence-electron chi connectivity index (χ0n) is 12.0. The van der Waals surface area contributed by atoms with Crippen molar-refractivity contribution < 1.29 is 13.7 Å². The van der Waals surface area contributed by atoms with Crippen molar-refractivity contribution in [3.8, 4) is 10.8 Å². The number of hydrogen-bond acceptors (Lipinski definition) is 5. The number of nitrogens with one attached hydrogen (secondary N) is 1. The normalized spacial score (nSPS) is 14.0. The van der Waals surface area contributed by atoms with E-state index in [1.54, 1.807) is 6.07 Å². The van der Waals surface area contributed by atoms with Gasteiger partial charge in [-0.1, -0.05) is 5.16 Å². The lowest BCUT2D eigenvalue weighted by Gasteiger charge is -2.04. The smallest absolute Gasteiger partial charge is 0.270 e. The Balaban J connectivity index is 1.56. The van der Waals surface area contributed by atoms with Gasteiger partial charge in [-0.2, -0.15) is 4.98 Å². The number of carbonyl (C=O) groups excluding carboxylic acids is 1. The maximum absolute atomic E-state index is 12.9. The average molecular weight is 329 g/mol. The molecule has 3 aromatic rings. The van der Waals surface area contributed by atoms with E-state index in [-0.39, 0.29) is 11.7 Å². The van der Waals surface area contributed by atoms with Crippen molar-refractivity contribution in [1.29, 1.82) is 0 Å². The second kappa shape index (κ2) is 5.58. The van der Waals surface area contributed by atoms with Crippen LogP contribution in [-0.4, -0.2) is 16.0 Å². The molecule has 0 atom stereocenters. The van der Waals surface area contributed by atoms with Crippen LogP contribution in [0.4, 0.5) is 10.1 Å². The summed E-state index contributed by atoms with van der Waals surface area (Å²) in [6, 6.07) is 7.17. The monoisotopic (exact) mass is 329 g/mol. The number of carbonyl (C=O) groups is 1. The van der Waals surface area contributed by atoms with E-state index in [0.717, 1.165) is 23.5 Å². The fourth-order valence-electron chi connectivity index (χ4n) is 2.20. The average Bonchev–Trinajstić information content (AvgIpc) is 3.10. The minimum atomic E-state index is -0.378. The molecule has 0 unspecified atom stereocenters. The third-order valence-corrected chi connectivity index (χ3v) is 4.50. The predicted octanol–water partition coefficient (Wildman–Crippen LogP) is 4.07. The number of benzene rings is 1. The Kier molecular flexibility index (Phi) is 3.42. The van der Waals surface area contributed by atoms with E-state index in [2.05, 4.69) is 15.5 Å². The summed E-state index contributed by atoms with van der Waals surface area (Å²) in [5.74, 6) is 0.855. The number of hydrogen-bond donors (Lipinski definition) is 1. The van der Waals surface area contributed by atoms with Crippen molar-refractivity contribution in [1.82, 2.24) is 10.1 Å². The van der Waals surface area contributed by atoms with Crippen LogP contribution in [-0.2, 0) is 0 Å². The molecule has 2 heterocycles. The fraction of sp³-hybridized carbons (Fsp3) is 0.188. The van der Waals surface area contributed by atoms with E-state index in [0.29, 0.717) is 23.1 Å². The molecule has 1 fully saturated rings. The quantitative estimate of drug-likeness (QED) is 0.783. The minimum absolute atomic E-state index is 0.313. The molecule has 1 aliphatic rings. The standard InChI is InChI=1S/C16H12FN3O2S/c17-11-5-3-10(4-6-11)15(21)18-12-7-8-23-13(12)16-19-14(20-22-16)9-1-2-9/h3-9H,1-2H2,(H,18,21). The fourth-order valence-corrected chi connectivity index (χ4v) is 2.97. The lowest BCUT2D eigenvalue weighted by Crippen LogP contribution is -2.11. The van der Waals surface area contributed by atoms with Gasteiger partial charge in [0.15, 0.2) is 5.82 Å². The zero-order chi connectivity index (χ0) is 15.8. The van der Waals surface area contributed by atoms with E-state index in [1.807, 2.05) is 5.38 Å². The summed E-state index contributed by atoms with van der Waals surface area (Å²) >= 11 is 1.42. The van der Waals surface area contributed by atoms with E-state index in [1.165, 1.54) is 35.6 Å². The van der Waals surface area contributed by atoms with Crippen LogP contribution in [0.15, 0.2) is 40.2 Å². The van der Waals surface area contributed by atoms with Crippen LogP contribution < -0.4 is 5.32 Å². The first-order valence-corrected chi connectivity index (χ1v) is 8.07. The van der Waals surface area contributed by atoms with Gasteiger partial charge in [-0.15, -0.1) is 11.3 Å². The first-order valence-electron chi connectivity index (χ1n) is 7.19. The third-order valence-electron chi connectivity index (χ3n) is 3.60. The molecule has 116 valence electrons. The molecule has 1 amide bonds. The Bertz CT molecular complexity index is 852. The molecule has 2 aromatic heterocycles. The van der Waals surface area contributed by atoms with Gasteiger partial charge >= 0.3 is 0 Å². The summed E-state index contributed by atoms with van der Waals surface area (Å²) < 4.78 is 18.2. The Morgan fingerprint density at radius 1 is 1.26 bits per heavy atom. The molecule has 0 spiro atoms. The van der Waals surface area contributed by atoms with Gasteiger partial charge in [0.1, 0.15) is 10.7 Å². The van der Waals surface area contributed by atoms with Crippen molar-refractivity contribution in [2.45, 2.75) is 18.8 Å². The molecular weight excluding hydrogens is 317 g/mol. The molecule has 1 aromatic carbocycles. The van der Waals surface area contributed by atoms with Gasteiger partial charge in [-0.25, -0.2) is 4.39 Å². The first-order chi connectivity index (χ1) is 11.2. The van der Waals surface area contributed by atoms with E-state index >= 15 is 0 Å². The van der Waals surface area contributed by atoms with Crippen LogP contribution >= 0.6 is 11.3 Å². The number of aromatic nitrogens is 2. The highest BCUT2D eigenvalue weighted by atomic mass is 32.1. The highest BCUT2D eigenvalue weighted by Gasteiger charge is 2.29. The van der Waals surface area contributed by atoms with Gasteiger partial charge in [-0.3, -0.25) is 4.79 Å². The van der Waals surface area contributed by atoms with Crippen molar-refractivity contribution in [3.05, 3.63) is 52.9 Å². The van der Waals surface area contributed by atoms with Gasteiger partial charge < -0.3 is 9.84 Å². The number of halogens is 1. The summed E-state index contributed by atoms with van der Waals surface area (Å²) in [5.41, 5.74) is 0.989. The molecular formula is C16H12FN3O2S. The maximum atomic E-state index is 12.9. The lowest BCUT2D eigenvalue weighted by molar-refractivity contribution is 0.102. The molecule has 5 nitrogen and oxygen atoms in total. The summed E-state index contributed by atoms with van der Waals surface area (Å²) in [7, 11) is 0. The lowest BCUT2D eigenvalue weighted by atomic mass is 10.2. The zero-order valence-corrected chi connectivity index (χ0v) is 12.8. The van der Waals surface area contributed by atoms with Crippen LogP contribution in [0, 0.1) is 5.82 Å². The van der Waals surface area contributed by atoms with E-state index in [4.69, 9.17) is 4.52 Å². The Hall–Kier alpha value is -2.54. The number of rotatable bonds is 4. The minimum Gasteiger partial charge on any atom is -0.333 e. The van der Waals surface area contributed by atoms with Crippen molar-refractivity contribution >= 4 is 22.9 Å². The predicted molar refractivity (Wildman–Crippen MR) is 83.9 cm³/mol. The van der Waals surface area contributed by atoms with Crippen LogP contribution in [0.5, 0.6) is 0 Å². The molecule has 7 heteroatoms. The second-order valence-corrected chi connectivity index (χ2v) is 6.27. The van der Waals surface area contributed by atoms with Crippen LogP contribution in [0.25, 0.3) is 10.8 Å². The molecule has 0 bridgehead atoms. The molecule has 0 radical (unpaired) electrons. The number of thiophene rings is 1. The summed E-state index contributed by atoms with van der Waals surface area (Å²) in [6.07, 6.45) is 2.19. The molecule has 1 aliphatic carbocycles. The molecule has 23 heavy (non-hydrogen) atoms. The van der Waals surface area contributed by atoms with Crippen molar-refractivity contribution in [2.75, 3.05) is 5.32 Å². The molecule has 0 saturated heterocycles. The number of anilines is 1. The van der Waals surface area contributed by atoms with Gasteiger partial charge in [0.2, 0.25) is 0 Å². The van der Waals surface area contributed by atoms with E-state index < -0.39 is 0 Å². The Labute approximate surface area is 135 Å². The number of amides is 1. The summed E-state index contributed by atoms with van der Waals surface area (Å²) in [4.78, 5) is 17.4. The van der Waals surface area contributed by atoms with Crippen molar-refractivity contribution in [2.24, 2.45) is 0 Å². The molecule has 4 rings (SSSR count). The summed E-state index contributed by atoms with van der Waals surface area (Å²) in [6.45, 7) is 0. The highest BCUT2D eigenvalue weighted by molar-refractivity contribution is 7.14. The summed E-state index contributed by atoms with van der Waals surface area (Å²) in [5, 5.41) is 8.63. The molecule has 0 aliphatic heterocycles. The van der Waals surface area contributed by atoms with Crippen LogP contribution in [0.1, 0.15) is 34.9 Å². The van der Waals surface area contributed by atoms with E-state index in [9.17, 15) is 9.18 Å². The maximum Gasteiger partial charge on any atom is 0.270 e. The molecule has 1 saturated carbocycles. The van der Waals surface area contributed by atoms with Gasteiger partial charge in [0.25, 0.3) is 11.8 Å². The molecule has 1 N–H and O–H groups in total. The van der Waals surface area contributed by atoms with Crippen LogP contribution in [0.2, 0.25) is 0 Å². The largest absolute Gasteiger partial charge is 0.333 e. The van der Waals surface area contributed by atoms with Gasteiger partial charge in [-0.05, 0) is 48.6 Å². The van der Waals surface area contributed by atoms with Crippen LogP contribution in [0.3, 0.4) is 0 Å². The van der Waals surface area contributed by atoms with Gasteiger partial charge in [0.05, 0.1) is 5.69 Å². The Morgan fingerprint density at radius 2 is 2.04 bits per heavy atom. The van der Waals surface area contributed by atoms with Gasteiger partial charge in [0, 0.05) is 11.5 Å². The topological polar surface area (TPSA) is 68.0 Å². The second-order valence-electron chi connectivity index (χ2n) is 5.36. The number of nitrogens with zero attached hydrogens (tertiary/aromatic N) is 2. The van der Waals surface area contributed by atoms with Crippen molar-refractivity contribution in [3.63, 3.8) is 0 Å². The first kappa shape index (κ1) is 14.1. The SMILES string of the molecule is O=C(Nc1ccsc1-c1nc(C2CC2)no1)c1ccc(F)cc1. The third kappa shape index (κ3) is 2.87. The highest BCUT2D eigenvalue weighted by Crippen LogP contribution is 2.40. The Morgan fingerprint density at radius 3 is 2.78 bits per heavy atom.